The van der Waals surface area contributed by atoms with Gasteiger partial charge in [0, 0.05) is 50.9 Å². The molecule has 3 aromatic rings. The number of carbonyl (C=O) groups is 1. The van der Waals surface area contributed by atoms with Crippen LogP contribution in [0.5, 0.6) is 11.9 Å². The normalized spacial score (nSPS) is 17.2. The summed E-state index contributed by atoms with van der Waals surface area (Å²) in [4.78, 5) is 33.3. The Bertz CT molecular complexity index is 1340. The molecule has 1 aromatic carbocycles. The second-order valence-corrected chi connectivity index (χ2v) is 8.50. The summed E-state index contributed by atoms with van der Waals surface area (Å²) in [5, 5.41) is 5.39. The molecule has 0 bridgehead atoms. The molecular weight excluding hydrogens is 505 g/mol. The number of hydrazone groups is 1. The molecule has 1 fully saturated rings. The van der Waals surface area contributed by atoms with Crippen LogP contribution in [-0.2, 0) is 0 Å². The topological polar surface area (TPSA) is 109 Å². The fourth-order valence-corrected chi connectivity index (χ4v) is 4.30. The SMILES string of the molecule is COc1cc(-c2nc(N3CCN(C(=O)N4N=CC[C@H]4c4cc(F)cc(F)c4)CC3)ncc2F)nc(OC)n1. The van der Waals surface area contributed by atoms with Crippen molar-refractivity contribution in [2.75, 3.05) is 45.3 Å². The van der Waals surface area contributed by atoms with E-state index in [1.807, 2.05) is 4.90 Å². The van der Waals surface area contributed by atoms with Crippen molar-refractivity contribution in [2.24, 2.45) is 5.10 Å². The molecule has 0 aliphatic carbocycles. The van der Waals surface area contributed by atoms with Gasteiger partial charge in [0.1, 0.15) is 23.0 Å². The highest BCUT2D eigenvalue weighted by Gasteiger charge is 2.34. The lowest BCUT2D eigenvalue weighted by atomic mass is 10.0. The van der Waals surface area contributed by atoms with E-state index in [2.05, 4.69) is 25.0 Å². The third kappa shape index (κ3) is 5.01. The number of methoxy groups -OCH3 is 2. The molecule has 2 amide bonds. The fourth-order valence-electron chi connectivity index (χ4n) is 4.30. The Morgan fingerprint density at radius 2 is 1.68 bits per heavy atom. The zero-order valence-corrected chi connectivity index (χ0v) is 20.5. The molecule has 38 heavy (non-hydrogen) atoms. The highest BCUT2D eigenvalue weighted by molar-refractivity contribution is 5.78. The van der Waals surface area contributed by atoms with Crippen LogP contribution in [0.25, 0.3) is 11.4 Å². The van der Waals surface area contributed by atoms with Gasteiger partial charge in [-0.15, -0.1) is 0 Å². The Morgan fingerprint density at radius 3 is 2.37 bits per heavy atom. The van der Waals surface area contributed by atoms with Gasteiger partial charge in [-0.05, 0) is 17.7 Å². The van der Waals surface area contributed by atoms with Crippen LogP contribution in [0.2, 0.25) is 0 Å². The van der Waals surface area contributed by atoms with Crippen molar-refractivity contribution < 1.29 is 27.4 Å². The zero-order chi connectivity index (χ0) is 26.8. The maximum Gasteiger partial charge on any atom is 0.341 e. The molecular formula is C24H23F3N8O3. The number of anilines is 1. The lowest BCUT2D eigenvalue weighted by molar-refractivity contribution is 0.139. The summed E-state index contributed by atoms with van der Waals surface area (Å²) < 4.78 is 52.4. The number of amides is 2. The van der Waals surface area contributed by atoms with Gasteiger partial charge in [0.15, 0.2) is 5.82 Å². The second-order valence-electron chi connectivity index (χ2n) is 8.50. The van der Waals surface area contributed by atoms with E-state index in [9.17, 15) is 18.0 Å². The van der Waals surface area contributed by atoms with Crippen LogP contribution in [-0.4, -0.2) is 82.5 Å². The third-order valence-corrected chi connectivity index (χ3v) is 6.18. The number of benzene rings is 1. The monoisotopic (exact) mass is 528 g/mol. The van der Waals surface area contributed by atoms with Gasteiger partial charge in [0.2, 0.25) is 11.8 Å². The molecule has 0 unspecified atom stereocenters. The van der Waals surface area contributed by atoms with Gasteiger partial charge in [-0.1, -0.05) is 0 Å². The molecule has 0 N–H and O–H groups in total. The number of rotatable bonds is 5. The predicted molar refractivity (Wildman–Crippen MR) is 129 cm³/mol. The first-order valence-electron chi connectivity index (χ1n) is 11.7. The molecule has 1 saturated heterocycles. The molecule has 2 aliphatic rings. The number of aromatic nitrogens is 4. The van der Waals surface area contributed by atoms with Crippen LogP contribution >= 0.6 is 0 Å². The number of carbonyl (C=O) groups excluding carboxylic acids is 1. The van der Waals surface area contributed by atoms with E-state index in [0.29, 0.717) is 38.2 Å². The van der Waals surface area contributed by atoms with E-state index >= 15 is 0 Å². The van der Waals surface area contributed by atoms with Gasteiger partial charge in [-0.2, -0.15) is 15.1 Å². The van der Waals surface area contributed by atoms with Crippen LogP contribution in [0.4, 0.5) is 23.9 Å². The third-order valence-electron chi connectivity index (χ3n) is 6.18. The Balaban J connectivity index is 1.29. The first-order chi connectivity index (χ1) is 18.4. The summed E-state index contributed by atoms with van der Waals surface area (Å²) in [6.07, 6.45) is 2.95. The van der Waals surface area contributed by atoms with E-state index in [-0.39, 0.29) is 35.3 Å². The summed E-state index contributed by atoms with van der Waals surface area (Å²) in [5.41, 5.74) is 0.441. The maximum atomic E-state index is 14.7. The van der Waals surface area contributed by atoms with E-state index in [1.54, 1.807) is 11.1 Å². The van der Waals surface area contributed by atoms with E-state index < -0.39 is 23.5 Å². The average molecular weight is 528 g/mol. The quantitative estimate of drug-likeness (QED) is 0.497. The number of hydrogen-bond donors (Lipinski definition) is 0. The molecule has 2 aromatic heterocycles. The van der Waals surface area contributed by atoms with Gasteiger partial charge >= 0.3 is 12.0 Å². The highest BCUT2D eigenvalue weighted by Crippen LogP contribution is 2.31. The average Bonchev–Trinajstić information content (AvgIpc) is 3.42. The van der Waals surface area contributed by atoms with Gasteiger partial charge in [0.25, 0.3) is 0 Å². The Hall–Kier alpha value is -4.49. The summed E-state index contributed by atoms with van der Waals surface area (Å²) in [5.74, 6) is -1.67. The number of urea groups is 1. The van der Waals surface area contributed by atoms with Crippen molar-refractivity contribution in [1.29, 1.82) is 0 Å². The molecule has 198 valence electrons. The summed E-state index contributed by atoms with van der Waals surface area (Å²) in [6, 6.07) is 3.64. The van der Waals surface area contributed by atoms with Crippen LogP contribution in [0.15, 0.2) is 35.6 Å². The molecule has 14 heteroatoms. The van der Waals surface area contributed by atoms with Gasteiger partial charge in [0.05, 0.1) is 26.5 Å². The molecule has 0 saturated carbocycles. The standard InChI is InChI=1S/C24H23F3N8O3/c1-37-20-12-18(30-23(31-20)38-2)21-17(27)13-28-22(32-21)33-5-7-34(8-6-33)24(36)35-19(3-4-29-35)14-9-15(25)11-16(26)10-14/h4,9-13,19H,3,5-8H2,1-2H3/t19-/m0/s1. The van der Waals surface area contributed by atoms with Crippen molar-refractivity contribution in [3.8, 4) is 23.3 Å². The maximum absolute atomic E-state index is 14.7. The lowest BCUT2D eigenvalue weighted by Gasteiger charge is -2.37. The summed E-state index contributed by atoms with van der Waals surface area (Å²) in [7, 11) is 2.80. The Morgan fingerprint density at radius 1 is 0.947 bits per heavy atom. The van der Waals surface area contributed by atoms with E-state index in [4.69, 9.17) is 9.47 Å². The fraction of sp³-hybridized carbons (Fsp3) is 0.333. The molecule has 5 rings (SSSR count). The van der Waals surface area contributed by atoms with E-state index in [0.717, 1.165) is 12.3 Å². The van der Waals surface area contributed by atoms with Crippen molar-refractivity contribution >= 4 is 18.2 Å². The van der Waals surface area contributed by atoms with E-state index in [1.165, 1.54) is 37.4 Å². The lowest BCUT2D eigenvalue weighted by Crippen LogP contribution is -2.52. The van der Waals surface area contributed by atoms with Crippen molar-refractivity contribution in [1.82, 2.24) is 29.8 Å². The Labute approximate surface area is 215 Å². The predicted octanol–water partition coefficient (Wildman–Crippen LogP) is 3.04. The van der Waals surface area contributed by atoms with Crippen molar-refractivity contribution in [3.05, 3.63) is 53.5 Å². The minimum atomic E-state index is -0.717. The van der Waals surface area contributed by atoms with Gasteiger partial charge in [-0.25, -0.2) is 32.9 Å². The first kappa shape index (κ1) is 25.2. The van der Waals surface area contributed by atoms with Crippen molar-refractivity contribution in [2.45, 2.75) is 12.5 Å². The second kappa shape index (κ2) is 10.5. The van der Waals surface area contributed by atoms with Crippen molar-refractivity contribution in [3.63, 3.8) is 0 Å². The smallest absolute Gasteiger partial charge is 0.341 e. The summed E-state index contributed by atoms with van der Waals surface area (Å²) >= 11 is 0. The van der Waals surface area contributed by atoms with Crippen LogP contribution in [0.1, 0.15) is 18.0 Å². The Kier molecular flexibility index (Phi) is 6.94. The minimum absolute atomic E-state index is 0.00473. The number of ether oxygens (including phenoxy) is 2. The first-order valence-corrected chi connectivity index (χ1v) is 11.7. The molecule has 1 atom stereocenters. The molecule has 2 aliphatic heterocycles. The van der Waals surface area contributed by atoms with Crippen LogP contribution in [0, 0.1) is 17.5 Å². The minimum Gasteiger partial charge on any atom is -0.481 e. The number of hydrogen-bond acceptors (Lipinski definition) is 9. The zero-order valence-electron chi connectivity index (χ0n) is 20.5. The highest BCUT2D eigenvalue weighted by atomic mass is 19.1. The van der Waals surface area contributed by atoms with Gasteiger partial charge in [-0.3, -0.25) is 0 Å². The van der Waals surface area contributed by atoms with Crippen LogP contribution in [0.3, 0.4) is 0 Å². The molecule has 0 radical (unpaired) electrons. The summed E-state index contributed by atoms with van der Waals surface area (Å²) in [6.45, 7) is 1.34. The number of halogens is 3. The van der Waals surface area contributed by atoms with Gasteiger partial charge < -0.3 is 19.3 Å². The number of nitrogens with zero attached hydrogens (tertiary/aromatic N) is 8. The largest absolute Gasteiger partial charge is 0.481 e. The molecule has 4 heterocycles. The molecule has 0 spiro atoms. The number of piperazine rings is 1. The molecule has 11 nitrogen and oxygen atoms in total. The van der Waals surface area contributed by atoms with Crippen LogP contribution < -0.4 is 14.4 Å².